The molecule has 0 bridgehead atoms. The summed E-state index contributed by atoms with van der Waals surface area (Å²) in [7, 11) is 0. The fourth-order valence-corrected chi connectivity index (χ4v) is 5.66. The third-order valence-corrected chi connectivity index (χ3v) is 8.30. The molecule has 0 saturated carbocycles. The van der Waals surface area contributed by atoms with E-state index in [9.17, 15) is 4.79 Å². The molecule has 0 fully saturated rings. The van der Waals surface area contributed by atoms with Gasteiger partial charge in [-0.15, -0.1) is 0 Å². The Balaban J connectivity index is 3.26. The molecular weight excluding hydrogens is 436 g/mol. The van der Waals surface area contributed by atoms with E-state index in [-0.39, 0.29) is 0 Å². The maximum atomic E-state index is 11.4. The minimum atomic E-state index is 0.337. The molecule has 0 aromatic carbocycles. The van der Waals surface area contributed by atoms with Crippen LogP contribution in [0.15, 0.2) is 0 Å². The fourth-order valence-electron chi connectivity index (χ4n) is 5.66. The van der Waals surface area contributed by atoms with Gasteiger partial charge in [0.25, 0.3) is 0 Å². The highest BCUT2D eigenvalue weighted by Gasteiger charge is 2.07. The fraction of sp³-hybridized carbons (Fsp3) is 0.971. The Morgan fingerprint density at radius 1 is 0.333 bits per heavy atom. The first kappa shape index (κ1) is 35.7. The first-order chi connectivity index (χ1) is 17.8. The molecule has 216 valence electrons. The zero-order chi connectivity index (χ0) is 26.2. The largest absolute Gasteiger partial charge is 0.303 e. The second-order valence-corrected chi connectivity index (χ2v) is 12.0. The van der Waals surface area contributed by atoms with E-state index in [0.29, 0.717) is 5.92 Å². The summed E-state index contributed by atoms with van der Waals surface area (Å²) in [6.45, 7) is 4.59. The van der Waals surface area contributed by atoms with E-state index >= 15 is 0 Å². The van der Waals surface area contributed by atoms with Crippen molar-refractivity contribution in [3.63, 3.8) is 0 Å². The maximum Gasteiger partial charge on any atom is 0.123 e. The minimum absolute atomic E-state index is 0.337. The van der Waals surface area contributed by atoms with Crippen molar-refractivity contribution in [2.45, 2.75) is 213 Å². The second kappa shape index (κ2) is 32.7. The van der Waals surface area contributed by atoms with Crippen LogP contribution in [0, 0.1) is 5.92 Å². The molecule has 0 aliphatic carbocycles. The van der Waals surface area contributed by atoms with Crippen molar-refractivity contribution in [2.75, 3.05) is 0 Å². The van der Waals surface area contributed by atoms with E-state index in [1.165, 1.54) is 192 Å². The summed E-state index contributed by atoms with van der Waals surface area (Å²) >= 11 is 0. The number of unbranched alkanes of at least 4 members (excludes halogenated alkanes) is 27. The highest BCUT2D eigenvalue weighted by Crippen LogP contribution is 2.19. The van der Waals surface area contributed by atoms with E-state index in [0.717, 1.165) is 12.8 Å². The summed E-state index contributed by atoms with van der Waals surface area (Å²) in [5.41, 5.74) is 0. The Labute approximate surface area is 229 Å². The number of hydrogen-bond acceptors (Lipinski definition) is 1. The van der Waals surface area contributed by atoms with Gasteiger partial charge in [-0.3, -0.25) is 0 Å². The molecule has 1 nitrogen and oxygen atoms in total. The van der Waals surface area contributed by atoms with E-state index in [1.807, 2.05) is 0 Å². The van der Waals surface area contributed by atoms with E-state index in [2.05, 4.69) is 13.8 Å². The lowest BCUT2D eigenvalue weighted by Gasteiger charge is -2.10. The summed E-state index contributed by atoms with van der Waals surface area (Å²) in [5.74, 6) is 0.337. The summed E-state index contributed by atoms with van der Waals surface area (Å²) < 4.78 is 0. The normalized spacial score (nSPS) is 12.3. The highest BCUT2D eigenvalue weighted by atomic mass is 16.1. The lowest BCUT2D eigenvalue weighted by Crippen LogP contribution is -2.02. The molecule has 1 heteroatoms. The van der Waals surface area contributed by atoms with Crippen LogP contribution in [0.25, 0.3) is 0 Å². The van der Waals surface area contributed by atoms with Gasteiger partial charge in [0.15, 0.2) is 0 Å². The Kier molecular flexibility index (Phi) is 32.4. The highest BCUT2D eigenvalue weighted by molar-refractivity contribution is 5.53. The number of carbonyl (C=O) groups excluding carboxylic acids is 1. The van der Waals surface area contributed by atoms with Crippen LogP contribution in [0.3, 0.4) is 0 Å². The third-order valence-electron chi connectivity index (χ3n) is 8.30. The van der Waals surface area contributed by atoms with Crippen LogP contribution < -0.4 is 0 Å². The SMILES string of the molecule is CCCCCCCCCCCCCCCCCC(C=O)CCCCCCCCCCCCCCCC. The molecule has 0 heterocycles. The molecule has 1 atom stereocenters. The van der Waals surface area contributed by atoms with Crippen molar-refractivity contribution < 1.29 is 4.79 Å². The van der Waals surface area contributed by atoms with Crippen LogP contribution in [-0.4, -0.2) is 6.29 Å². The van der Waals surface area contributed by atoms with Crippen molar-refractivity contribution >= 4 is 6.29 Å². The van der Waals surface area contributed by atoms with Crippen LogP contribution in [0.2, 0.25) is 0 Å². The zero-order valence-corrected chi connectivity index (χ0v) is 25.5. The van der Waals surface area contributed by atoms with Crippen molar-refractivity contribution in [3.05, 3.63) is 0 Å². The average molecular weight is 507 g/mol. The van der Waals surface area contributed by atoms with Crippen molar-refractivity contribution in [1.82, 2.24) is 0 Å². The van der Waals surface area contributed by atoms with Crippen molar-refractivity contribution in [3.8, 4) is 0 Å². The van der Waals surface area contributed by atoms with E-state index in [1.54, 1.807) is 0 Å². The Bertz CT molecular complexity index is 390. The molecule has 0 N–H and O–H groups in total. The van der Waals surface area contributed by atoms with Gasteiger partial charge < -0.3 is 4.79 Å². The number of rotatable bonds is 32. The summed E-state index contributed by atoms with van der Waals surface area (Å²) in [6.07, 6.45) is 44.5. The van der Waals surface area contributed by atoms with Gasteiger partial charge in [0.2, 0.25) is 0 Å². The molecule has 0 amide bonds. The first-order valence-corrected chi connectivity index (χ1v) is 17.3. The van der Waals surface area contributed by atoms with Gasteiger partial charge >= 0.3 is 0 Å². The second-order valence-electron chi connectivity index (χ2n) is 12.0. The Morgan fingerprint density at radius 3 is 0.722 bits per heavy atom. The van der Waals surface area contributed by atoms with Gasteiger partial charge in [-0.2, -0.15) is 0 Å². The zero-order valence-electron chi connectivity index (χ0n) is 25.5. The Hall–Kier alpha value is -0.330. The quantitative estimate of drug-likeness (QED) is 0.0654. The van der Waals surface area contributed by atoms with E-state index < -0.39 is 0 Å². The summed E-state index contributed by atoms with van der Waals surface area (Å²) in [4.78, 5) is 11.4. The molecule has 0 rings (SSSR count). The standard InChI is InChI=1S/C35H70O/c1-3-5-7-9-11-13-15-17-19-21-23-25-27-29-31-33-35(34-36)32-30-28-26-24-22-20-18-16-14-12-10-8-6-4-2/h34-35H,3-33H2,1-2H3. The third kappa shape index (κ3) is 29.9. The van der Waals surface area contributed by atoms with Gasteiger partial charge in [-0.25, -0.2) is 0 Å². The first-order valence-electron chi connectivity index (χ1n) is 17.3. The smallest absolute Gasteiger partial charge is 0.123 e. The molecular formula is C35H70O. The van der Waals surface area contributed by atoms with Gasteiger partial charge in [-0.1, -0.05) is 200 Å². The van der Waals surface area contributed by atoms with Gasteiger partial charge in [-0.05, 0) is 12.8 Å². The van der Waals surface area contributed by atoms with Gasteiger partial charge in [0.05, 0.1) is 0 Å². The van der Waals surface area contributed by atoms with Crippen LogP contribution in [0.4, 0.5) is 0 Å². The Morgan fingerprint density at radius 2 is 0.528 bits per heavy atom. The monoisotopic (exact) mass is 507 g/mol. The van der Waals surface area contributed by atoms with Crippen LogP contribution in [-0.2, 0) is 4.79 Å². The molecule has 0 aromatic heterocycles. The lowest BCUT2D eigenvalue weighted by atomic mass is 9.95. The van der Waals surface area contributed by atoms with E-state index in [4.69, 9.17) is 0 Å². The lowest BCUT2D eigenvalue weighted by molar-refractivity contribution is -0.111. The number of aldehydes is 1. The van der Waals surface area contributed by atoms with Gasteiger partial charge in [0, 0.05) is 5.92 Å². The summed E-state index contributed by atoms with van der Waals surface area (Å²) in [6, 6.07) is 0. The van der Waals surface area contributed by atoms with Crippen LogP contribution >= 0.6 is 0 Å². The molecule has 0 saturated heterocycles. The van der Waals surface area contributed by atoms with Crippen LogP contribution in [0.1, 0.15) is 213 Å². The predicted octanol–water partition coefficient (Wildman–Crippen LogP) is 12.9. The van der Waals surface area contributed by atoms with Crippen molar-refractivity contribution in [2.24, 2.45) is 5.92 Å². The number of hydrogen-bond donors (Lipinski definition) is 0. The molecule has 0 aromatic rings. The topological polar surface area (TPSA) is 17.1 Å². The molecule has 0 spiro atoms. The molecule has 0 radical (unpaired) electrons. The maximum absolute atomic E-state index is 11.4. The predicted molar refractivity (Wildman–Crippen MR) is 164 cm³/mol. The molecule has 0 aliphatic rings. The minimum Gasteiger partial charge on any atom is -0.303 e. The average Bonchev–Trinajstić information content (AvgIpc) is 2.89. The molecule has 36 heavy (non-hydrogen) atoms. The summed E-state index contributed by atoms with van der Waals surface area (Å²) in [5, 5.41) is 0. The van der Waals surface area contributed by atoms with Crippen molar-refractivity contribution in [1.29, 1.82) is 0 Å². The molecule has 1 unspecified atom stereocenters. The van der Waals surface area contributed by atoms with Crippen LogP contribution in [0.5, 0.6) is 0 Å². The number of carbonyl (C=O) groups is 1. The molecule has 0 aliphatic heterocycles. The van der Waals surface area contributed by atoms with Gasteiger partial charge in [0.1, 0.15) is 6.29 Å².